The number of hydrogen-bond donors (Lipinski definition) is 0. The molecule has 100 valence electrons. The normalized spacial score (nSPS) is 10.7. The molecule has 3 rings (SSSR count). The minimum Gasteiger partial charge on any atom is -0.159 e. The molecule has 0 radical (unpaired) electrons. The predicted octanol–water partition coefficient (Wildman–Crippen LogP) is 3.80. The van der Waals surface area contributed by atoms with Gasteiger partial charge in [-0.1, -0.05) is 51.8 Å². The van der Waals surface area contributed by atoms with E-state index in [4.69, 9.17) is 11.6 Å². The number of benzene rings is 2. The van der Waals surface area contributed by atoms with Gasteiger partial charge >= 0.3 is 0 Å². The van der Waals surface area contributed by atoms with E-state index in [2.05, 4.69) is 31.3 Å². The van der Waals surface area contributed by atoms with Crippen LogP contribution in [0, 0.1) is 0 Å². The quantitative estimate of drug-likeness (QED) is 0.722. The first-order valence-electron chi connectivity index (χ1n) is 5.99. The second-order valence-corrected chi connectivity index (χ2v) is 5.57. The maximum absolute atomic E-state index is 6.12. The lowest BCUT2D eigenvalue weighted by atomic mass is 10.2. The van der Waals surface area contributed by atoms with Crippen molar-refractivity contribution in [3.8, 4) is 11.4 Å². The van der Waals surface area contributed by atoms with Crippen molar-refractivity contribution in [3.05, 3.63) is 63.6 Å². The lowest BCUT2D eigenvalue weighted by Crippen LogP contribution is -2.03. The summed E-state index contributed by atoms with van der Waals surface area (Å²) in [6.45, 7) is 0.574. The van der Waals surface area contributed by atoms with E-state index in [-0.39, 0.29) is 0 Å². The Morgan fingerprint density at radius 1 is 1.05 bits per heavy atom. The van der Waals surface area contributed by atoms with Gasteiger partial charge < -0.3 is 0 Å². The molecule has 1 heterocycles. The zero-order valence-corrected chi connectivity index (χ0v) is 12.7. The molecule has 4 nitrogen and oxygen atoms in total. The molecule has 1 aromatic heterocycles. The van der Waals surface area contributed by atoms with Crippen LogP contribution >= 0.6 is 27.5 Å². The van der Waals surface area contributed by atoms with Crippen LogP contribution < -0.4 is 0 Å². The fourth-order valence-corrected chi connectivity index (χ4v) is 2.30. The highest BCUT2D eigenvalue weighted by atomic mass is 79.9. The standard InChI is InChI=1S/C14H10BrClN4/c15-11-7-5-10(6-8-11)9-20-18-14(17-19-20)12-3-1-2-4-13(12)16/h1-8H,9H2. The molecule has 0 bridgehead atoms. The second-order valence-electron chi connectivity index (χ2n) is 4.25. The second kappa shape index (κ2) is 5.73. The molecule has 0 spiro atoms. The largest absolute Gasteiger partial charge is 0.206 e. The van der Waals surface area contributed by atoms with E-state index in [0.717, 1.165) is 15.6 Å². The number of tetrazole rings is 1. The predicted molar refractivity (Wildman–Crippen MR) is 81.5 cm³/mol. The summed E-state index contributed by atoms with van der Waals surface area (Å²) in [6, 6.07) is 15.5. The molecule has 0 aliphatic heterocycles. The molecule has 2 aromatic carbocycles. The number of nitrogens with zero attached hydrogens (tertiary/aromatic N) is 4. The summed E-state index contributed by atoms with van der Waals surface area (Å²) in [5.41, 5.74) is 1.90. The lowest BCUT2D eigenvalue weighted by Gasteiger charge is -2.00. The van der Waals surface area contributed by atoms with Gasteiger partial charge in [0.1, 0.15) is 0 Å². The summed E-state index contributed by atoms with van der Waals surface area (Å²) in [7, 11) is 0. The fourth-order valence-electron chi connectivity index (χ4n) is 1.81. The highest BCUT2D eigenvalue weighted by molar-refractivity contribution is 9.10. The van der Waals surface area contributed by atoms with Crippen molar-refractivity contribution in [2.75, 3.05) is 0 Å². The van der Waals surface area contributed by atoms with Gasteiger partial charge in [-0.05, 0) is 35.0 Å². The van der Waals surface area contributed by atoms with Gasteiger partial charge in [-0.2, -0.15) is 4.80 Å². The maximum Gasteiger partial charge on any atom is 0.206 e. The smallest absolute Gasteiger partial charge is 0.159 e. The number of hydrogen-bond acceptors (Lipinski definition) is 3. The van der Waals surface area contributed by atoms with Crippen molar-refractivity contribution in [1.29, 1.82) is 0 Å². The SMILES string of the molecule is Clc1ccccc1-c1nnn(Cc2ccc(Br)cc2)n1. The summed E-state index contributed by atoms with van der Waals surface area (Å²) in [4.78, 5) is 1.56. The van der Waals surface area contributed by atoms with Gasteiger partial charge in [-0.15, -0.1) is 10.2 Å². The average Bonchev–Trinajstić information content (AvgIpc) is 2.90. The van der Waals surface area contributed by atoms with Crippen LogP contribution in [0.4, 0.5) is 0 Å². The van der Waals surface area contributed by atoms with Gasteiger partial charge in [0.25, 0.3) is 0 Å². The molecule has 6 heteroatoms. The summed E-state index contributed by atoms with van der Waals surface area (Å²) in [6.07, 6.45) is 0. The summed E-state index contributed by atoms with van der Waals surface area (Å²) in [5, 5.41) is 13.1. The van der Waals surface area contributed by atoms with Crippen LogP contribution in [0.15, 0.2) is 53.0 Å². The Balaban J connectivity index is 1.84. The summed E-state index contributed by atoms with van der Waals surface area (Å²) >= 11 is 9.53. The first-order chi connectivity index (χ1) is 9.72. The Kier molecular flexibility index (Phi) is 3.80. The van der Waals surface area contributed by atoms with Crippen LogP contribution in [0.1, 0.15) is 5.56 Å². The highest BCUT2D eigenvalue weighted by Gasteiger charge is 2.09. The molecule has 0 fully saturated rings. The zero-order valence-electron chi connectivity index (χ0n) is 10.4. The van der Waals surface area contributed by atoms with Crippen LogP contribution in [0.25, 0.3) is 11.4 Å². The van der Waals surface area contributed by atoms with Crippen LogP contribution in [0.5, 0.6) is 0 Å². The van der Waals surface area contributed by atoms with Crippen molar-refractivity contribution in [1.82, 2.24) is 20.2 Å². The Morgan fingerprint density at radius 3 is 2.55 bits per heavy atom. The Hall–Kier alpha value is -1.72. The molecule has 0 saturated heterocycles. The minimum atomic E-state index is 0.535. The Morgan fingerprint density at radius 2 is 1.80 bits per heavy atom. The molecule has 3 aromatic rings. The molecular weight excluding hydrogens is 340 g/mol. The van der Waals surface area contributed by atoms with Crippen molar-refractivity contribution in [2.24, 2.45) is 0 Å². The fraction of sp³-hybridized carbons (Fsp3) is 0.0714. The molecule has 0 aliphatic carbocycles. The van der Waals surface area contributed by atoms with Gasteiger partial charge in [0, 0.05) is 10.0 Å². The van der Waals surface area contributed by atoms with Gasteiger partial charge in [-0.25, -0.2) is 0 Å². The molecule has 0 aliphatic rings. The topological polar surface area (TPSA) is 43.6 Å². The Labute approximate surface area is 129 Å². The Bertz CT molecular complexity index is 724. The monoisotopic (exact) mass is 348 g/mol. The third-order valence-electron chi connectivity index (χ3n) is 2.80. The molecule has 0 atom stereocenters. The third kappa shape index (κ3) is 2.89. The maximum atomic E-state index is 6.12. The molecule has 0 amide bonds. The van der Waals surface area contributed by atoms with E-state index in [9.17, 15) is 0 Å². The number of rotatable bonds is 3. The first-order valence-corrected chi connectivity index (χ1v) is 7.16. The van der Waals surface area contributed by atoms with Crippen LogP contribution in [-0.4, -0.2) is 20.2 Å². The van der Waals surface area contributed by atoms with Crippen LogP contribution in [-0.2, 0) is 6.54 Å². The van der Waals surface area contributed by atoms with Crippen molar-refractivity contribution >= 4 is 27.5 Å². The number of aromatic nitrogens is 4. The van der Waals surface area contributed by atoms with Crippen LogP contribution in [0.3, 0.4) is 0 Å². The average molecular weight is 350 g/mol. The molecule has 0 saturated carbocycles. The minimum absolute atomic E-state index is 0.535. The summed E-state index contributed by atoms with van der Waals surface area (Å²) in [5.74, 6) is 0.535. The van der Waals surface area contributed by atoms with Gasteiger partial charge in [-0.3, -0.25) is 0 Å². The van der Waals surface area contributed by atoms with Crippen LogP contribution in [0.2, 0.25) is 5.02 Å². The van der Waals surface area contributed by atoms with E-state index >= 15 is 0 Å². The zero-order chi connectivity index (χ0) is 13.9. The van der Waals surface area contributed by atoms with Crippen molar-refractivity contribution < 1.29 is 0 Å². The van der Waals surface area contributed by atoms with E-state index in [0.29, 0.717) is 17.4 Å². The van der Waals surface area contributed by atoms with E-state index in [1.54, 1.807) is 4.80 Å². The van der Waals surface area contributed by atoms with E-state index in [1.807, 2.05) is 48.5 Å². The van der Waals surface area contributed by atoms with Gasteiger partial charge in [0.15, 0.2) is 0 Å². The lowest BCUT2D eigenvalue weighted by molar-refractivity contribution is 0.573. The molecule has 0 N–H and O–H groups in total. The van der Waals surface area contributed by atoms with E-state index in [1.165, 1.54) is 0 Å². The highest BCUT2D eigenvalue weighted by Crippen LogP contribution is 2.23. The van der Waals surface area contributed by atoms with Crippen molar-refractivity contribution in [2.45, 2.75) is 6.54 Å². The van der Waals surface area contributed by atoms with Gasteiger partial charge in [0.2, 0.25) is 5.82 Å². The molecular formula is C14H10BrClN4. The summed E-state index contributed by atoms with van der Waals surface area (Å²) < 4.78 is 1.05. The van der Waals surface area contributed by atoms with Crippen molar-refractivity contribution in [3.63, 3.8) is 0 Å². The number of halogens is 2. The van der Waals surface area contributed by atoms with E-state index < -0.39 is 0 Å². The molecule has 0 unspecified atom stereocenters. The molecule has 20 heavy (non-hydrogen) atoms. The van der Waals surface area contributed by atoms with Gasteiger partial charge in [0.05, 0.1) is 11.6 Å². The first kappa shape index (κ1) is 13.3. The third-order valence-corrected chi connectivity index (χ3v) is 3.66.